The molecule has 2 aliphatic carbocycles. The first-order valence-electron chi connectivity index (χ1n) is 12.2. The third-order valence-electron chi connectivity index (χ3n) is 7.78. The van der Waals surface area contributed by atoms with E-state index in [1.54, 1.807) is 0 Å². The van der Waals surface area contributed by atoms with Crippen molar-refractivity contribution in [1.82, 2.24) is 14.9 Å². The Hall–Kier alpha value is -2.09. The molecule has 2 heterocycles. The first kappa shape index (κ1) is 23.6. The van der Waals surface area contributed by atoms with Crippen molar-refractivity contribution in [3.8, 4) is 11.3 Å². The van der Waals surface area contributed by atoms with E-state index in [0.717, 1.165) is 55.0 Å². The Labute approximate surface area is 202 Å². The molecule has 1 aliphatic heterocycles. The number of aryl methyl sites for hydroxylation is 1. The highest BCUT2D eigenvalue weighted by Crippen LogP contribution is 2.42. The second-order valence-corrected chi connectivity index (χ2v) is 11.0. The lowest BCUT2D eigenvalue weighted by atomic mass is 9.73. The van der Waals surface area contributed by atoms with E-state index in [-0.39, 0.29) is 40.9 Å². The van der Waals surface area contributed by atoms with Crippen LogP contribution in [0.25, 0.3) is 11.3 Å². The summed E-state index contributed by atoms with van der Waals surface area (Å²) in [5, 5.41) is 0.0228. The molecule has 3 aliphatic rings. The second kappa shape index (κ2) is 9.17. The van der Waals surface area contributed by atoms with Crippen molar-refractivity contribution in [2.75, 3.05) is 5.75 Å². The van der Waals surface area contributed by atoms with E-state index in [0.29, 0.717) is 24.0 Å². The van der Waals surface area contributed by atoms with Gasteiger partial charge >= 0.3 is 6.18 Å². The SMILES string of the molecule is CC1CCC2C(CCC(C)N2C(=O)CSc2nc3c(c(C(F)(F)F)n2)CCc2ccccc2-3)C1. The van der Waals surface area contributed by atoms with Crippen LogP contribution < -0.4 is 0 Å². The average Bonchev–Trinajstić information content (AvgIpc) is 2.81. The minimum absolute atomic E-state index is 0.0166. The average molecular weight is 490 g/mol. The first-order valence-corrected chi connectivity index (χ1v) is 13.2. The van der Waals surface area contributed by atoms with Crippen LogP contribution in [0.5, 0.6) is 0 Å². The quantitative estimate of drug-likeness (QED) is 0.382. The van der Waals surface area contributed by atoms with Crippen LogP contribution in [0.15, 0.2) is 29.4 Å². The normalized spacial score (nSPS) is 26.4. The van der Waals surface area contributed by atoms with Crippen LogP contribution in [0.2, 0.25) is 0 Å². The zero-order valence-electron chi connectivity index (χ0n) is 19.6. The first-order chi connectivity index (χ1) is 16.2. The number of fused-ring (bicyclic) bond motifs is 4. The number of carbonyl (C=O) groups is 1. The number of hydrogen-bond donors (Lipinski definition) is 0. The molecule has 0 radical (unpaired) electrons. The number of aromatic nitrogens is 2. The van der Waals surface area contributed by atoms with E-state index in [1.165, 1.54) is 0 Å². The monoisotopic (exact) mass is 489 g/mol. The van der Waals surface area contributed by atoms with Gasteiger partial charge in [0, 0.05) is 23.2 Å². The van der Waals surface area contributed by atoms with E-state index in [9.17, 15) is 18.0 Å². The van der Waals surface area contributed by atoms with Gasteiger partial charge < -0.3 is 4.90 Å². The van der Waals surface area contributed by atoms with Gasteiger partial charge in [-0.1, -0.05) is 43.0 Å². The topological polar surface area (TPSA) is 46.1 Å². The van der Waals surface area contributed by atoms with Gasteiger partial charge in [0.2, 0.25) is 5.91 Å². The highest BCUT2D eigenvalue weighted by atomic mass is 32.2. The highest BCUT2D eigenvalue weighted by molar-refractivity contribution is 7.99. The molecule has 1 aromatic carbocycles. The fourth-order valence-corrected chi connectivity index (χ4v) is 6.88. The van der Waals surface area contributed by atoms with Crippen LogP contribution in [0, 0.1) is 11.8 Å². The van der Waals surface area contributed by atoms with Crippen LogP contribution in [-0.2, 0) is 23.8 Å². The van der Waals surface area contributed by atoms with Crippen molar-refractivity contribution >= 4 is 17.7 Å². The molecule has 1 saturated carbocycles. The molecule has 0 spiro atoms. The molecule has 4 nitrogen and oxygen atoms in total. The molecule has 1 aromatic heterocycles. The lowest BCUT2D eigenvalue weighted by Crippen LogP contribution is -2.55. The summed E-state index contributed by atoms with van der Waals surface area (Å²) in [7, 11) is 0. The van der Waals surface area contributed by atoms with Crippen molar-refractivity contribution in [3.05, 3.63) is 41.1 Å². The van der Waals surface area contributed by atoms with Gasteiger partial charge in [0.25, 0.3) is 0 Å². The Kier molecular flexibility index (Phi) is 6.38. The predicted molar refractivity (Wildman–Crippen MR) is 126 cm³/mol. The van der Waals surface area contributed by atoms with Gasteiger partial charge in [0.05, 0.1) is 11.4 Å². The van der Waals surface area contributed by atoms with Gasteiger partial charge in [0.15, 0.2) is 10.9 Å². The molecule has 4 atom stereocenters. The molecule has 2 aromatic rings. The number of likely N-dealkylation sites (tertiary alicyclic amines) is 1. The van der Waals surface area contributed by atoms with Crippen LogP contribution >= 0.6 is 11.8 Å². The summed E-state index contributed by atoms with van der Waals surface area (Å²) >= 11 is 1.03. The van der Waals surface area contributed by atoms with Crippen molar-refractivity contribution in [2.45, 2.75) is 82.2 Å². The lowest BCUT2D eigenvalue weighted by Gasteiger charge is -2.49. The van der Waals surface area contributed by atoms with E-state index >= 15 is 0 Å². The zero-order valence-corrected chi connectivity index (χ0v) is 20.4. The molecular formula is C26H30F3N3OS. The Morgan fingerprint density at radius 1 is 1.09 bits per heavy atom. The molecule has 1 amide bonds. The van der Waals surface area contributed by atoms with Crippen LogP contribution in [0.1, 0.15) is 62.8 Å². The van der Waals surface area contributed by atoms with Gasteiger partial charge in [-0.3, -0.25) is 4.79 Å². The summed E-state index contributed by atoms with van der Waals surface area (Å²) in [5.41, 5.74) is 1.37. The second-order valence-electron chi connectivity index (χ2n) is 10.1. The number of halogens is 3. The molecule has 0 N–H and O–H groups in total. The summed E-state index contributed by atoms with van der Waals surface area (Å²) in [5.74, 6) is 1.26. The van der Waals surface area contributed by atoms with E-state index in [1.807, 2.05) is 29.2 Å². The van der Waals surface area contributed by atoms with Crippen LogP contribution in [0.4, 0.5) is 13.2 Å². The molecule has 2 fully saturated rings. The van der Waals surface area contributed by atoms with E-state index in [2.05, 4.69) is 23.8 Å². The predicted octanol–water partition coefficient (Wildman–Crippen LogP) is 6.17. The van der Waals surface area contributed by atoms with Gasteiger partial charge in [-0.15, -0.1) is 0 Å². The molecule has 182 valence electrons. The fourth-order valence-electron chi connectivity index (χ4n) is 6.16. The standard InChI is InChI=1S/C26H30F3N3OS/c1-15-7-12-21-18(13-15)9-8-16(2)32(21)22(33)14-34-25-30-23-19-6-4-3-5-17(19)10-11-20(23)24(31-25)26(27,28)29/h3-6,15-16,18,21H,7-14H2,1-2H3. The molecule has 34 heavy (non-hydrogen) atoms. The van der Waals surface area contributed by atoms with Crippen LogP contribution in [-0.4, -0.2) is 38.6 Å². The Balaban J connectivity index is 1.40. The number of alkyl halides is 3. The third kappa shape index (κ3) is 4.45. The zero-order chi connectivity index (χ0) is 24.0. The fraction of sp³-hybridized carbons (Fsp3) is 0.577. The number of thioether (sulfide) groups is 1. The molecule has 0 bridgehead atoms. The van der Waals surface area contributed by atoms with Crippen molar-refractivity contribution in [3.63, 3.8) is 0 Å². The molecule has 1 saturated heterocycles. The van der Waals surface area contributed by atoms with Crippen molar-refractivity contribution < 1.29 is 18.0 Å². The number of carbonyl (C=O) groups excluding carboxylic acids is 1. The lowest BCUT2D eigenvalue weighted by molar-refractivity contribution is -0.142. The Bertz CT molecular complexity index is 1090. The van der Waals surface area contributed by atoms with E-state index < -0.39 is 11.9 Å². The van der Waals surface area contributed by atoms with Gasteiger partial charge in [-0.25, -0.2) is 9.97 Å². The van der Waals surface area contributed by atoms with E-state index in [4.69, 9.17) is 0 Å². The maximum absolute atomic E-state index is 13.9. The summed E-state index contributed by atoms with van der Waals surface area (Å²) in [6.07, 6.45) is 1.64. The smallest absolute Gasteiger partial charge is 0.336 e. The summed E-state index contributed by atoms with van der Waals surface area (Å²) in [6.45, 7) is 4.37. The largest absolute Gasteiger partial charge is 0.433 e. The number of hydrogen-bond acceptors (Lipinski definition) is 4. The van der Waals surface area contributed by atoms with Crippen LogP contribution in [0.3, 0.4) is 0 Å². The summed E-state index contributed by atoms with van der Waals surface area (Å²) in [6, 6.07) is 7.87. The minimum Gasteiger partial charge on any atom is -0.336 e. The maximum atomic E-state index is 13.9. The molecule has 8 heteroatoms. The van der Waals surface area contributed by atoms with Gasteiger partial charge in [0.1, 0.15) is 0 Å². The van der Waals surface area contributed by atoms with Crippen molar-refractivity contribution in [1.29, 1.82) is 0 Å². The third-order valence-corrected chi connectivity index (χ3v) is 8.61. The molecular weight excluding hydrogens is 459 g/mol. The maximum Gasteiger partial charge on any atom is 0.433 e. The molecule has 5 rings (SSSR count). The Morgan fingerprint density at radius 2 is 1.88 bits per heavy atom. The number of rotatable bonds is 3. The Morgan fingerprint density at radius 3 is 2.68 bits per heavy atom. The minimum atomic E-state index is -4.56. The number of nitrogens with zero attached hydrogens (tertiary/aromatic N) is 3. The van der Waals surface area contributed by atoms with Crippen molar-refractivity contribution in [2.24, 2.45) is 11.8 Å². The number of benzene rings is 1. The number of piperidine rings is 1. The van der Waals surface area contributed by atoms with Gasteiger partial charge in [-0.05, 0) is 69.3 Å². The number of amides is 1. The van der Waals surface area contributed by atoms with Gasteiger partial charge in [-0.2, -0.15) is 13.2 Å². The molecule has 4 unspecified atom stereocenters. The summed E-state index contributed by atoms with van der Waals surface area (Å²) < 4.78 is 41.7. The summed E-state index contributed by atoms with van der Waals surface area (Å²) in [4.78, 5) is 23.8. The highest BCUT2D eigenvalue weighted by Gasteiger charge is 2.41.